The summed E-state index contributed by atoms with van der Waals surface area (Å²) >= 11 is 0. The molecule has 4 heterocycles. The predicted octanol–water partition coefficient (Wildman–Crippen LogP) is 3.48. The second kappa shape index (κ2) is 8.43. The topological polar surface area (TPSA) is 113 Å². The molecule has 1 fully saturated rings. The third-order valence-electron chi connectivity index (χ3n) is 7.17. The van der Waals surface area contributed by atoms with Crippen LogP contribution in [-0.4, -0.2) is 39.8 Å². The summed E-state index contributed by atoms with van der Waals surface area (Å²) in [6.45, 7) is 1.73. The van der Waals surface area contributed by atoms with Gasteiger partial charge in [-0.05, 0) is 48.2 Å². The highest BCUT2D eigenvalue weighted by Crippen LogP contribution is 2.42. The summed E-state index contributed by atoms with van der Waals surface area (Å²) in [5.41, 5.74) is 11.2. The quantitative estimate of drug-likeness (QED) is 0.463. The van der Waals surface area contributed by atoms with Gasteiger partial charge in [0.1, 0.15) is 17.7 Å². The van der Waals surface area contributed by atoms with Gasteiger partial charge in [-0.25, -0.2) is 9.37 Å². The van der Waals surface area contributed by atoms with Gasteiger partial charge < -0.3 is 16.0 Å². The van der Waals surface area contributed by atoms with E-state index in [4.69, 9.17) is 10.7 Å². The van der Waals surface area contributed by atoms with Crippen molar-refractivity contribution in [1.82, 2.24) is 20.1 Å². The molecule has 0 spiro atoms. The number of hydrogen-bond acceptors (Lipinski definition) is 6. The molecule has 2 aromatic carbocycles. The molecule has 4 aromatic rings. The standard InChI is InChI=1S/C27H24FN7O/c1-34-22-5-4-15(10-18(22)13-32-34)23-20-14-31-27(36)24(20)26(35-8-6-19(30)7-9-35)33-25(23)16-2-3-17(12-29)21(28)11-16/h2-5,10-11,13,19H,6-9,14,30H2,1H3,(H,31,36). The van der Waals surface area contributed by atoms with Crippen LogP contribution in [0.15, 0.2) is 42.6 Å². The molecule has 3 N–H and O–H groups in total. The summed E-state index contributed by atoms with van der Waals surface area (Å²) in [5.74, 6) is -0.174. The number of fused-ring (bicyclic) bond motifs is 2. The van der Waals surface area contributed by atoms with Crippen LogP contribution >= 0.6 is 0 Å². The van der Waals surface area contributed by atoms with Gasteiger partial charge in [-0.2, -0.15) is 10.4 Å². The van der Waals surface area contributed by atoms with E-state index in [1.807, 2.05) is 31.3 Å². The molecule has 2 aliphatic rings. The van der Waals surface area contributed by atoms with Crippen LogP contribution in [0.3, 0.4) is 0 Å². The van der Waals surface area contributed by atoms with Gasteiger partial charge in [-0.1, -0.05) is 12.1 Å². The molecular formula is C27H24FN7O. The lowest BCUT2D eigenvalue weighted by molar-refractivity contribution is 0.0966. The van der Waals surface area contributed by atoms with E-state index >= 15 is 0 Å². The molecule has 2 aromatic heterocycles. The second-order valence-electron chi connectivity index (χ2n) is 9.37. The molecule has 0 bridgehead atoms. The summed E-state index contributed by atoms with van der Waals surface area (Å²) in [4.78, 5) is 20.2. The first-order chi connectivity index (χ1) is 17.4. The van der Waals surface area contributed by atoms with Crippen molar-refractivity contribution in [1.29, 1.82) is 5.26 Å². The Labute approximate surface area is 207 Å². The number of pyridine rings is 1. The van der Waals surface area contributed by atoms with E-state index in [1.165, 1.54) is 12.1 Å². The first-order valence-electron chi connectivity index (χ1n) is 11.9. The second-order valence-corrected chi connectivity index (χ2v) is 9.37. The van der Waals surface area contributed by atoms with Crippen molar-refractivity contribution in [2.24, 2.45) is 12.8 Å². The highest BCUT2D eigenvalue weighted by Gasteiger charge is 2.33. The molecule has 180 valence electrons. The van der Waals surface area contributed by atoms with Gasteiger partial charge in [0.25, 0.3) is 5.91 Å². The number of amides is 1. The van der Waals surface area contributed by atoms with Gasteiger partial charge in [0.15, 0.2) is 0 Å². The van der Waals surface area contributed by atoms with E-state index in [-0.39, 0.29) is 17.5 Å². The smallest absolute Gasteiger partial charge is 0.255 e. The largest absolute Gasteiger partial charge is 0.356 e. The number of hydrogen-bond donors (Lipinski definition) is 2. The lowest BCUT2D eigenvalue weighted by Gasteiger charge is -2.32. The van der Waals surface area contributed by atoms with Crippen LogP contribution < -0.4 is 16.0 Å². The number of nitrogens with one attached hydrogen (secondary N) is 1. The summed E-state index contributed by atoms with van der Waals surface area (Å²) in [6, 6.07) is 12.5. The number of aromatic nitrogens is 3. The van der Waals surface area contributed by atoms with Crippen LogP contribution in [0.1, 0.15) is 34.3 Å². The van der Waals surface area contributed by atoms with Crippen molar-refractivity contribution in [3.8, 4) is 28.5 Å². The number of nitrogens with two attached hydrogens (primary N) is 1. The minimum absolute atomic E-state index is 0.0275. The summed E-state index contributed by atoms with van der Waals surface area (Å²) in [5, 5.41) is 17.5. The number of halogens is 1. The Kier molecular flexibility index (Phi) is 5.20. The molecule has 9 heteroatoms. The molecule has 0 unspecified atom stereocenters. The molecular weight excluding hydrogens is 457 g/mol. The number of piperidine rings is 1. The molecule has 36 heavy (non-hydrogen) atoms. The molecule has 2 aliphatic heterocycles. The van der Waals surface area contributed by atoms with Crippen LogP contribution in [0, 0.1) is 17.1 Å². The molecule has 0 aliphatic carbocycles. The van der Waals surface area contributed by atoms with E-state index in [9.17, 15) is 14.4 Å². The maximum absolute atomic E-state index is 14.8. The van der Waals surface area contributed by atoms with E-state index in [0.29, 0.717) is 42.3 Å². The van der Waals surface area contributed by atoms with E-state index in [1.54, 1.807) is 16.9 Å². The Morgan fingerprint density at radius 1 is 1.14 bits per heavy atom. The highest BCUT2D eigenvalue weighted by molar-refractivity contribution is 6.07. The van der Waals surface area contributed by atoms with Gasteiger partial charge >= 0.3 is 0 Å². The maximum atomic E-state index is 14.8. The van der Waals surface area contributed by atoms with Gasteiger partial charge in [-0.3, -0.25) is 9.48 Å². The van der Waals surface area contributed by atoms with Crippen molar-refractivity contribution in [3.63, 3.8) is 0 Å². The monoisotopic (exact) mass is 481 g/mol. The van der Waals surface area contributed by atoms with E-state index in [2.05, 4.69) is 15.3 Å². The van der Waals surface area contributed by atoms with Gasteiger partial charge in [0.2, 0.25) is 0 Å². The van der Waals surface area contributed by atoms with Crippen LogP contribution in [0.4, 0.5) is 10.2 Å². The fourth-order valence-electron chi connectivity index (χ4n) is 5.23. The van der Waals surface area contributed by atoms with Crippen molar-refractivity contribution in [2.45, 2.75) is 25.4 Å². The van der Waals surface area contributed by atoms with Crippen LogP contribution in [0.25, 0.3) is 33.3 Å². The molecule has 0 atom stereocenters. The Morgan fingerprint density at radius 2 is 1.92 bits per heavy atom. The zero-order chi connectivity index (χ0) is 25.0. The lowest BCUT2D eigenvalue weighted by atomic mass is 9.91. The summed E-state index contributed by atoms with van der Waals surface area (Å²) in [6.07, 6.45) is 3.40. The first-order valence-corrected chi connectivity index (χ1v) is 11.9. The predicted molar refractivity (Wildman–Crippen MR) is 135 cm³/mol. The Bertz CT molecular complexity index is 1580. The van der Waals surface area contributed by atoms with Gasteiger partial charge in [0.05, 0.1) is 28.5 Å². The molecule has 1 amide bonds. The van der Waals surface area contributed by atoms with E-state index in [0.717, 1.165) is 40.4 Å². The molecule has 6 rings (SSSR count). The highest BCUT2D eigenvalue weighted by atomic mass is 19.1. The van der Waals surface area contributed by atoms with Crippen molar-refractivity contribution < 1.29 is 9.18 Å². The normalized spacial score (nSPS) is 15.7. The number of rotatable bonds is 3. The Hall–Kier alpha value is -4.29. The van der Waals surface area contributed by atoms with Crippen LogP contribution in [0.2, 0.25) is 0 Å². The summed E-state index contributed by atoms with van der Waals surface area (Å²) in [7, 11) is 1.88. The molecule has 8 nitrogen and oxygen atoms in total. The van der Waals surface area contributed by atoms with Gasteiger partial charge in [0, 0.05) is 49.2 Å². The fraction of sp³-hybridized carbons (Fsp3) is 0.259. The Balaban J connectivity index is 1.63. The number of anilines is 1. The SMILES string of the molecule is Cn1ncc2cc(-c3c(-c4ccc(C#N)c(F)c4)nc(N4CCC(N)CC4)c4c3CNC4=O)ccc21. The van der Waals surface area contributed by atoms with Crippen molar-refractivity contribution in [3.05, 3.63) is 65.1 Å². The minimum Gasteiger partial charge on any atom is -0.356 e. The van der Waals surface area contributed by atoms with Gasteiger partial charge in [-0.15, -0.1) is 0 Å². The number of aryl methyl sites for hydroxylation is 1. The maximum Gasteiger partial charge on any atom is 0.255 e. The van der Waals surface area contributed by atoms with Crippen molar-refractivity contribution >= 4 is 22.6 Å². The molecule has 0 radical (unpaired) electrons. The van der Waals surface area contributed by atoms with Crippen LogP contribution in [0.5, 0.6) is 0 Å². The Morgan fingerprint density at radius 3 is 2.67 bits per heavy atom. The zero-order valence-corrected chi connectivity index (χ0v) is 19.8. The van der Waals surface area contributed by atoms with Crippen molar-refractivity contribution in [2.75, 3.05) is 18.0 Å². The third-order valence-corrected chi connectivity index (χ3v) is 7.17. The first kappa shape index (κ1) is 22.2. The van der Waals surface area contributed by atoms with E-state index < -0.39 is 5.82 Å². The number of nitrogens with zero attached hydrogens (tertiary/aromatic N) is 5. The zero-order valence-electron chi connectivity index (χ0n) is 19.8. The average molecular weight is 482 g/mol. The lowest BCUT2D eigenvalue weighted by Crippen LogP contribution is -2.40. The fourth-order valence-corrected chi connectivity index (χ4v) is 5.23. The molecule has 0 saturated carbocycles. The number of nitriles is 1. The van der Waals surface area contributed by atoms with Crippen LogP contribution in [-0.2, 0) is 13.6 Å². The third kappa shape index (κ3) is 3.49. The molecule has 1 saturated heterocycles. The minimum atomic E-state index is -0.606. The average Bonchev–Trinajstić information content (AvgIpc) is 3.46. The number of carbonyl (C=O) groups is 1. The summed E-state index contributed by atoms with van der Waals surface area (Å²) < 4.78 is 16.6. The number of benzene rings is 2. The number of carbonyl (C=O) groups excluding carboxylic acids is 1.